The topological polar surface area (TPSA) is 45.0 Å². The van der Waals surface area contributed by atoms with Crippen molar-refractivity contribution in [1.29, 1.82) is 0 Å². The van der Waals surface area contributed by atoms with E-state index in [0.717, 1.165) is 16.9 Å². The van der Waals surface area contributed by atoms with Crippen LogP contribution in [-0.2, 0) is 0 Å². The van der Waals surface area contributed by atoms with Crippen molar-refractivity contribution in [3.8, 4) is 0 Å². The largest absolute Gasteiger partial charge is 0.389 e. The van der Waals surface area contributed by atoms with Gasteiger partial charge < -0.3 is 5.11 Å². The van der Waals surface area contributed by atoms with E-state index < -0.39 is 6.10 Å². The normalized spacial score (nSPS) is 15.5. The molecular weight excluding hydrogens is 140 g/mol. The van der Waals surface area contributed by atoms with E-state index in [1.165, 1.54) is 0 Å². The van der Waals surface area contributed by atoms with E-state index in [4.69, 9.17) is 0 Å². The summed E-state index contributed by atoms with van der Waals surface area (Å²) in [6, 6.07) is 5.57. The van der Waals surface area contributed by atoms with Gasteiger partial charge in [0.15, 0.2) is 0 Å². The minimum Gasteiger partial charge on any atom is -0.389 e. The van der Waals surface area contributed by atoms with Crippen LogP contribution in [0.3, 0.4) is 0 Å². The molecule has 3 nitrogen and oxygen atoms in total. The maximum atomic E-state index is 9.26. The first-order chi connectivity index (χ1) is 5.27. The highest BCUT2D eigenvalue weighted by atomic mass is 16.3. The molecular formula is C8H8N2O. The number of fused-ring (bicyclic) bond motifs is 2. The van der Waals surface area contributed by atoms with Gasteiger partial charge in [-0.1, -0.05) is 6.07 Å². The molecule has 0 aliphatic carbocycles. The first-order valence-corrected chi connectivity index (χ1v) is 3.51. The molecule has 56 valence electrons. The highest BCUT2D eigenvalue weighted by molar-refractivity contribution is 5.59. The summed E-state index contributed by atoms with van der Waals surface area (Å²) >= 11 is 0. The molecule has 1 heterocycles. The minimum atomic E-state index is -0.462. The van der Waals surface area contributed by atoms with E-state index >= 15 is 0 Å². The molecule has 1 aliphatic heterocycles. The zero-order chi connectivity index (χ0) is 7.84. The standard InChI is InChI=1S/C8H8N2O/c1-5(11)7-3-2-6-4-8(7)10-9-6/h2-5,11H,1H3. The van der Waals surface area contributed by atoms with Crippen molar-refractivity contribution < 1.29 is 5.11 Å². The van der Waals surface area contributed by atoms with Crippen LogP contribution >= 0.6 is 0 Å². The second-order valence-corrected chi connectivity index (χ2v) is 2.62. The quantitative estimate of drug-likeness (QED) is 0.663. The van der Waals surface area contributed by atoms with Crippen LogP contribution in [0.2, 0.25) is 0 Å². The van der Waals surface area contributed by atoms with E-state index in [9.17, 15) is 5.11 Å². The van der Waals surface area contributed by atoms with E-state index in [-0.39, 0.29) is 0 Å². The molecule has 0 fully saturated rings. The number of aliphatic hydroxyl groups is 1. The van der Waals surface area contributed by atoms with Gasteiger partial charge in [-0.05, 0) is 19.1 Å². The third-order valence-corrected chi connectivity index (χ3v) is 1.74. The van der Waals surface area contributed by atoms with Crippen molar-refractivity contribution in [2.75, 3.05) is 0 Å². The summed E-state index contributed by atoms with van der Waals surface area (Å²) in [4.78, 5) is 0. The summed E-state index contributed by atoms with van der Waals surface area (Å²) in [5.74, 6) is 0. The van der Waals surface area contributed by atoms with Crippen LogP contribution in [-0.4, -0.2) is 5.11 Å². The average Bonchev–Trinajstić information content (AvgIpc) is 2.32. The first-order valence-electron chi connectivity index (χ1n) is 3.51. The Bertz CT molecular complexity index is 318. The molecule has 11 heavy (non-hydrogen) atoms. The third kappa shape index (κ3) is 0.935. The molecule has 1 unspecified atom stereocenters. The number of nitrogens with zero attached hydrogens (tertiary/aromatic N) is 2. The van der Waals surface area contributed by atoms with Gasteiger partial charge in [-0.25, -0.2) is 0 Å². The molecule has 0 saturated carbocycles. The van der Waals surface area contributed by atoms with E-state index in [1.807, 2.05) is 18.2 Å². The molecule has 1 N–H and O–H groups in total. The fourth-order valence-corrected chi connectivity index (χ4v) is 1.15. The van der Waals surface area contributed by atoms with Crippen LogP contribution in [0.5, 0.6) is 0 Å². The lowest BCUT2D eigenvalue weighted by Gasteiger charge is -2.03. The lowest BCUT2D eigenvalue weighted by molar-refractivity contribution is 0.200. The summed E-state index contributed by atoms with van der Waals surface area (Å²) in [6.07, 6.45) is -0.462. The van der Waals surface area contributed by atoms with E-state index in [2.05, 4.69) is 10.2 Å². The third-order valence-electron chi connectivity index (χ3n) is 1.74. The molecule has 0 amide bonds. The van der Waals surface area contributed by atoms with Gasteiger partial charge in [0.2, 0.25) is 0 Å². The fourth-order valence-electron chi connectivity index (χ4n) is 1.15. The van der Waals surface area contributed by atoms with Crippen molar-refractivity contribution >= 4 is 11.4 Å². The number of rotatable bonds is 1. The van der Waals surface area contributed by atoms with Crippen molar-refractivity contribution in [3.05, 3.63) is 23.8 Å². The van der Waals surface area contributed by atoms with Crippen LogP contribution in [0.4, 0.5) is 11.4 Å². The first kappa shape index (κ1) is 6.49. The average molecular weight is 148 g/mol. The summed E-state index contributed by atoms with van der Waals surface area (Å²) in [6.45, 7) is 1.72. The lowest BCUT2D eigenvalue weighted by Crippen LogP contribution is -1.88. The van der Waals surface area contributed by atoms with Gasteiger partial charge in [0.05, 0.1) is 17.5 Å². The Morgan fingerprint density at radius 1 is 1.36 bits per heavy atom. The van der Waals surface area contributed by atoms with Gasteiger partial charge >= 0.3 is 0 Å². The molecule has 0 spiro atoms. The predicted octanol–water partition coefficient (Wildman–Crippen LogP) is 2.47. The van der Waals surface area contributed by atoms with Gasteiger partial charge in [0.1, 0.15) is 0 Å². The van der Waals surface area contributed by atoms with Gasteiger partial charge in [0, 0.05) is 5.56 Å². The molecule has 2 bridgehead atoms. The Morgan fingerprint density at radius 3 is 2.91 bits per heavy atom. The van der Waals surface area contributed by atoms with Crippen LogP contribution in [0.1, 0.15) is 18.6 Å². The number of aliphatic hydroxyl groups excluding tert-OH is 1. The van der Waals surface area contributed by atoms with Crippen LogP contribution in [0.25, 0.3) is 0 Å². The molecule has 0 saturated heterocycles. The Kier molecular flexibility index (Phi) is 1.26. The highest BCUT2D eigenvalue weighted by Crippen LogP contribution is 2.35. The van der Waals surface area contributed by atoms with Gasteiger partial charge in [-0.2, -0.15) is 10.2 Å². The molecule has 1 aromatic rings. The van der Waals surface area contributed by atoms with Crippen molar-refractivity contribution in [2.24, 2.45) is 10.2 Å². The smallest absolute Gasteiger partial charge is 0.0937 e. The Hall–Kier alpha value is -1.22. The molecule has 1 aliphatic rings. The molecule has 1 aromatic carbocycles. The monoisotopic (exact) mass is 148 g/mol. The number of hydrogen-bond acceptors (Lipinski definition) is 3. The zero-order valence-electron chi connectivity index (χ0n) is 6.15. The number of benzene rings is 1. The molecule has 1 atom stereocenters. The summed E-state index contributed by atoms with van der Waals surface area (Å²) in [5.41, 5.74) is 2.50. The molecule has 0 radical (unpaired) electrons. The summed E-state index contributed by atoms with van der Waals surface area (Å²) in [5, 5.41) is 17.0. The molecule has 0 aromatic heterocycles. The Balaban J connectivity index is 2.56. The maximum absolute atomic E-state index is 9.26. The second-order valence-electron chi connectivity index (χ2n) is 2.62. The second kappa shape index (κ2) is 2.13. The molecule has 2 rings (SSSR count). The fraction of sp³-hybridized carbons (Fsp3) is 0.250. The maximum Gasteiger partial charge on any atom is 0.0937 e. The zero-order valence-corrected chi connectivity index (χ0v) is 6.15. The highest BCUT2D eigenvalue weighted by Gasteiger charge is 2.11. The summed E-state index contributed by atoms with van der Waals surface area (Å²) < 4.78 is 0. The Labute approximate surface area is 64.4 Å². The Morgan fingerprint density at radius 2 is 2.18 bits per heavy atom. The van der Waals surface area contributed by atoms with Gasteiger partial charge in [-0.3, -0.25) is 0 Å². The van der Waals surface area contributed by atoms with Crippen molar-refractivity contribution in [3.63, 3.8) is 0 Å². The van der Waals surface area contributed by atoms with Crippen LogP contribution in [0, 0.1) is 0 Å². The summed E-state index contributed by atoms with van der Waals surface area (Å²) in [7, 11) is 0. The minimum absolute atomic E-state index is 0.462. The predicted molar refractivity (Wildman–Crippen MR) is 41.3 cm³/mol. The van der Waals surface area contributed by atoms with E-state index in [0.29, 0.717) is 0 Å². The van der Waals surface area contributed by atoms with Crippen LogP contribution < -0.4 is 0 Å². The van der Waals surface area contributed by atoms with Crippen LogP contribution in [0.15, 0.2) is 28.4 Å². The number of azo groups is 1. The van der Waals surface area contributed by atoms with E-state index in [1.54, 1.807) is 6.92 Å². The van der Waals surface area contributed by atoms with Gasteiger partial charge in [-0.15, -0.1) is 0 Å². The van der Waals surface area contributed by atoms with Crippen molar-refractivity contribution in [2.45, 2.75) is 13.0 Å². The molecule has 3 heteroatoms. The number of hydrogen-bond donors (Lipinski definition) is 1. The van der Waals surface area contributed by atoms with Crippen molar-refractivity contribution in [1.82, 2.24) is 0 Å². The SMILES string of the molecule is CC(O)c1ccc2cc1N=N2. The van der Waals surface area contributed by atoms with Gasteiger partial charge in [0.25, 0.3) is 0 Å². The lowest BCUT2D eigenvalue weighted by atomic mass is 10.1.